The van der Waals surface area contributed by atoms with Crippen LogP contribution in [0.15, 0.2) is 42.0 Å². The van der Waals surface area contributed by atoms with Crippen LogP contribution >= 0.6 is 11.6 Å². The van der Waals surface area contributed by atoms with Crippen molar-refractivity contribution in [2.45, 2.75) is 12.8 Å². The molecule has 0 aromatic heterocycles. The zero-order valence-electron chi connectivity index (χ0n) is 9.23. The maximum atomic E-state index is 5.79. The number of hydrogen-bond acceptors (Lipinski definition) is 2. The van der Waals surface area contributed by atoms with E-state index in [1.54, 1.807) is 0 Å². The van der Waals surface area contributed by atoms with Crippen molar-refractivity contribution in [3.05, 3.63) is 47.5 Å². The number of halogens is 1. The van der Waals surface area contributed by atoms with E-state index in [-0.39, 0.29) is 0 Å². The quantitative estimate of drug-likeness (QED) is 0.455. The Bertz CT molecular complexity index is 350. The van der Waals surface area contributed by atoms with Gasteiger partial charge in [-0.1, -0.05) is 42.0 Å². The van der Waals surface area contributed by atoms with Crippen molar-refractivity contribution in [2.24, 2.45) is 0 Å². The lowest BCUT2D eigenvalue weighted by molar-refractivity contribution is -0.135. The monoisotopic (exact) mass is 237 g/mol. The van der Waals surface area contributed by atoms with Crippen LogP contribution in [0.5, 0.6) is 0 Å². The first-order valence-electron chi connectivity index (χ1n) is 5.54. The van der Waals surface area contributed by atoms with Crippen molar-refractivity contribution in [2.75, 3.05) is 19.2 Å². The molecule has 0 unspecified atom stereocenters. The molecule has 0 amide bonds. The van der Waals surface area contributed by atoms with E-state index in [9.17, 15) is 0 Å². The number of hydroxylamine groups is 2. The molecule has 0 fully saturated rings. The van der Waals surface area contributed by atoms with Crippen LogP contribution in [0.2, 0.25) is 0 Å². The summed E-state index contributed by atoms with van der Waals surface area (Å²) in [5, 5.41) is 1.81. The van der Waals surface area contributed by atoms with Crippen molar-refractivity contribution >= 4 is 11.6 Å². The highest BCUT2D eigenvalue weighted by atomic mass is 35.5. The molecule has 0 bridgehead atoms. The van der Waals surface area contributed by atoms with E-state index >= 15 is 0 Å². The average Bonchev–Trinajstić information content (AvgIpc) is 2.55. The molecule has 16 heavy (non-hydrogen) atoms. The minimum absolute atomic E-state index is 0.423. The molecule has 1 aliphatic rings. The smallest absolute Gasteiger partial charge is 0.0987 e. The molecule has 0 N–H and O–H groups in total. The number of alkyl halides is 1. The summed E-state index contributed by atoms with van der Waals surface area (Å²) < 4.78 is 0. The van der Waals surface area contributed by atoms with Crippen molar-refractivity contribution in [3.63, 3.8) is 0 Å². The second-order valence-corrected chi connectivity index (χ2v) is 4.15. The van der Waals surface area contributed by atoms with Crippen LogP contribution < -0.4 is 0 Å². The molecule has 1 heterocycles. The molecule has 1 aliphatic heterocycles. The Hall–Kier alpha value is -0.830. The molecule has 1 aromatic carbocycles. The first-order chi connectivity index (χ1) is 7.88. The summed E-state index contributed by atoms with van der Waals surface area (Å²) in [5.74, 6) is 0. The van der Waals surface area contributed by atoms with Gasteiger partial charge in [0.15, 0.2) is 0 Å². The summed E-state index contributed by atoms with van der Waals surface area (Å²) in [6, 6.07) is 10.9. The van der Waals surface area contributed by atoms with Gasteiger partial charge in [0, 0.05) is 6.54 Å². The molecule has 1 aromatic rings. The minimum atomic E-state index is 0.423. The molecule has 2 nitrogen and oxygen atoms in total. The van der Waals surface area contributed by atoms with E-state index in [4.69, 9.17) is 16.4 Å². The van der Waals surface area contributed by atoms with Crippen LogP contribution in [0.4, 0.5) is 0 Å². The predicted octanol–water partition coefficient (Wildman–Crippen LogP) is 2.99. The lowest BCUT2D eigenvalue weighted by Gasteiger charge is -2.17. The third kappa shape index (κ3) is 3.34. The minimum Gasteiger partial charge on any atom is -0.297 e. The third-order valence-electron chi connectivity index (χ3n) is 2.61. The van der Waals surface area contributed by atoms with Crippen molar-refractivity contribution in [1.82, 2.24) is 5.06 Å². The van der Waals surface area contributed by atoms with E-state index in [1.807, 2.05) is 11.1 Å². The lowest BCUT2D eigenvalue weighted by Crippen LogP contribution is -2.24. The molecular formula is C13H16ClNO. The van der Waals surface area contributed by atoms with Gasteiger partial charge < -0.3 is 0 Å². The highest BCUT2D eigenvalue weighted by Crippen LogP contribution is 2.14. The summed E-state index contributed by atoms with van der Waals surface area (Å²) in [6.07, 6.45) is 4.21. The summed E-state index contributed by atoms with van der Waals surface area (Å²) >= 11 is 5.79. The fraction of sp³-hybridized carbons (Fsp3) is 0.385. The highest BCUT2D eigenvalue weighted by molar-refractivity contribution is 6.17. The number of hydrogen-bond donors (Lipinski definition) is 0. The van der Waals surface area contributed by atoms with Crippen molar-refractivity contribution < 1.29 is 4.84 Å². The molecule has 0 saturated heterocycles. The fourth-order valence-electron chi connectivity index (χ4n) is 1.84. The van der Waals surface area contributed by atoms with Gasteiger partial charge in [-0.05, 0) is 18.4 Å². The maximum Gasteiger partial charge on any atom is 0.0987 e. The van der Waals surface area contributed by atoms with Crippen LogP contribution in [0.25, 0.3) is 0 Å². The second kappa shape index (κ2) is 6.04. The number of benzene rings is 1. The normalized spacial score (nSPS) is 17.9. The van der Waals surface area contributed by atoms with Crippen LogP contribution in [-0.2, 0) is 11.3 Å². The molecule has 0 aliphatic carbocycles. The molecular weight excluding hydrogens is 222 g/mol. The molecule has 0 radical (unpaired) electrons. The number of rotatable bonds is 3. The summed E-state index contributed by atoms with van der Waals surface area (Å²) in [6.45, 7) is 1.53. The Kier molecular flexibility index (Phi) is 4.40. The highest BCUT2D eigenvalue weighted by Gasteiger charge is 2.11. The van der Waals surface area contributed by atoms with Crippen LogP contribution in [-0.4, -0.2) is 24.2 Å². The molecule has 2 rings (SSSR count). The molecule has 3 heteroatoms. The van der Waals surface area contributed by atoms with E-state index in [2.05, 4.69) is 30.3 Å². The summed E-state index contributed by atoms with van der Waals surface area (Å²) in [5.41, 5.74) is 2.72. The zero-order valence-corrected chi connectivity index (χ0v) is 9.99. The van der Waals surface area contributed by atoms with E-state index in [1.165, 1.54) is 11.1 Å². The first kappa shape index (κ1) is 11.6. The second-order valence-electron chi connectivity index (χ2n) is 3.91. The van der Waals surface area contributed by atoms with Gasteiger partial charge in [0.25, 0.3) is 0 Å². The van der Waals surface area contributed by atoms with E-state index in [0.29, 0.717) is 6.00 Å². The largest absolute Gasteiger partial charge is 0.297 e. The topological polar surface area (TPSA) is 12.5 Å². The van der Waals surface area contributed by atoms with Crippen molar-refractivity contribution in [3.8, 4) is 0 Å². The Morgan fingerprint density at radius 2 is 2.06 bits per heavy atom. The molecule has 0 spiro atoms. The SMILES string of the molecule is ClCN1CC(Cc2ccccc2)=CCCO1. The van der Waals surface area contributed by atoms with Gasteiger partial charge in [-0.2, -0.15) is 5.06 Å². The molecule has 0 atom stereocenters. The van der Waals surface area contributed by atoms with Crippen LogP contribution in [0.1, 0.15) is 12.0 Å². The average molecular weight is 238 g/mol. The van der Waals surface area contributed by atoms with Crippen LogP contribution in [0, 0.1) is 0 Å². The van der Waals surface area contributed by atoms with Gasteiger partial charge in [-0.25, -0.2) is 0 Å². The van der Waals surface area contributed by atoms with Gasteiger partial charge in [0.2, 0.25) is 0 Å². The first-order valence-corrected chi connectivity index (χ1v) is 6.07. The standard InChI is InChI=1S/C13H16ClNO/c14-11-15-10-13(7-4-8-16-15)9-12-5-2-1-3-6-12/h1-3,5-7H,4,8-11H2. The maximum absolute atomic E-state index is 5.79. The fourth-order valence-corrected chi connectivity index (χ4v) is 2.00. The molecule has 86 valence electrons. The predicted molar refractivity (Wildman–Crippen MR) is 66.2 cm³/mol. The zero-order chi connectivity index (χ0) is 11.2. The van der Waals surface area contributed by atoms with E-state index < -0.39 is 0 Å². The number of nitrogens with zero attached hydrogens (tertiary/aromatic N) is 1. The molecule has 0 saturated carbocycles. The summed E-state index contributed by atoms with van der Waals surface area (Å²) in [7, 11) is 0. The van der Waals surface area contributed by atoms with Gasteiger partial charge in [-0.15, -0.1) is 11.6 Å². The third-order valence-corrected chi connectivity index (χ3v) is 2.88. The van der Waals surface area contributed by atoms with Crippen LogP contribution in [0.3, 0.4) is 0 Å². The van der Waals surface area contributed by atoms with Gasteiger partial charge in [0.05, 0.1) is 12.6 Å². The Morgan fingerprint density at radius 1 is 1.25 bits per heavy atom. The van der Waals surface area contributed by atoms with Crippen molar-refractivity contribution in [1.29, 1.82) is 0 Å². The lowest BCUT2D eigenvalue weighted by atomic mass is 10.0. The Morgan fingerprint density at radius 3 is 2.81 bits per heavy atom. The Labute approximate surface area is 101 Å². The summed E-state index contributed by atoms with van der Waals surface area (Å²) in [4.78, 5) is 5.47. The van der Waals surface area contributed by atoms with Gasteiger partial charge in [-0.3, -0.25) is 4.84 Å². The van der Waals surface area contributed by atoms with Gasteiger partial charge >= 0.3 is 0 Å². The van der Waals surface area contributed by atoms with E-state index in [0.717, 1.165) is 26.0 Å². The van der Waals surface area contributed by atoms with Gasteiger partial charge in [0.1, 0.15) is 0 Å². The Balaban J connectivity index is 2.00.